The number of ketones is 1. The molecule has 1 fully saturated rings. The normalized spacial score (nSPS) is 17.0. The maximum Gasteiger partial charge on any atom is 0.266 e. The Labute approximate surface area is 247 Å². The molecule has 1 aliphatic rings. The summed E-state index contributed by atoms with van der Waals surface area (Å²) in [7, 11) is 3.52. The maximum atomic E-state index is 14.7. The summed E-state index contributed by atoms with van der Waals surface area (Å²) in [5.74, 6) is -1.02. The molecule has 3 aromatic carbocycles. The van der Waals surface area contributed by atoms with Gasteiger partial charge in [0.05, 0.1) is 22.2 Å². The van der Waals surface area contributed by atoms with Gasteiger partial charge in [0.25, 0.3) is 5.91 Å². The summed E-state index contributed by atoms with van der Waals surface area (Å²) in [5.41, 5.74) is 3.25. The van der Waals surface area contributed by atoms with Crippen LogP contribution in [0, 0.1) is 11.6 Å². The Balaban J connectivity index is 1.54. The summed E-state index contributed by atoms with van der Waals surface area (Å²) in [6, 6.07) is 15.5. The third-order valence-electron chi connectivity index (χ3n) is 7.93. The molecule has 0 atom stereocenters. The minimum absolute atomic E-state index is 0.00576. The summed E-state index contributed by atoms with van der Waals surface area (Å²) in [6.45, 7) is 1.76. The van der Waals surface area contributed by atoms with Gasteiger partial charge in [-0.2, -0.15) is 0 Å². The molecule has 0 radical (unpaired) electrons. The van der Waals surface area contributed by atoms with Crippen LogP contribution in [0.3, 0.4) is 0 Å². The average Bonchev–Trinajstić information content (AvgIpc) is 3.35. The Hall–Kier alpha value is -3.33. The molecule has 0 unspecified atom stereocenters. The summed E-state index contributed by atoms with van der Waals surface area (Å²) in [4.78, 5) is 27.8. The van der Waals surface area contributed by atoms with E-state index in [-0.39, 0.29) is 44.3 Å². The number of halogens is 3. The van der Waals surface area contributed by atoms with E-state index in [9.17, 15) is 18.4 Å². The van der Waals surface area contributed by atoms with Gasteiger partial charge in [-0.05, 0) is 75.0 Å². The fourth-order valence-corrected chi connectivity index (χ4v) is 7.08. The third-order valence-corrected chi connectivity index (χ3v) is 9.60. The molecule has 1 aliphatic carbocycles. The van der Waals surface area contributed by atoms with Crippen LogP contribution in [0.15, 0.2) is 54.6 Å². The summed E-state index contributed by atoms with van der Waals surface area (Å²) in [6.07, 6.45) is 3.34. The van der Waals surface area contributed by atoms with Gasteiger partial charge in [0.1, 0.15) is 22.3 Å². The van der Waals surface area contributed by atoms with Gasteiger partial charge in [-0.25, -0.2) is 8.78 Å². The molecule has 9 heteroatoms. The monoisotopic (exact) mass is 596 g/mol. The summed E-state index contributed by atoms with van der Waals surface area (Å²) >= 11 is 7.44. The fraction of sp³-hybridized carbons (Fsp3) is 0.312. The number of nitrogens with zero attached hydrogens (tertiary/aromatic N) is 1. The first kappa shape index (κ1) is 29.2. The summed E-state index contributed by atoms with van der Waals surface area (Å²) < 4.78 is 35.0. The molecule has 1 saturated carbocycles. The van der Waals surface area contributed by atoms with E-state index in [1.165, 1.54) is 6.92 Å². The predicted molar refractivity (Wildman–Crippen MR) is 160 cm³/mol. The number of carbonyl (C=O) groups is 2. The first-order valence-electron chi connectivity index (χ1n) is 13.5. The lowest BCUT2D eigenvalue weighted by atomic mass is 9.89. The van der Waals surface area contributed by atoms with Crippen molar-refractivity contribution in [3.05, 3.63) is 87.3 Å². The molecular weight excluding hydrogens is 566 g/mol. The van der Waals surface area contributed by atoms with Crippen molar-refractivity contribution in [1.82, 2.24) is 10.2 Å². The van der Waals surface area contributed by atoms with E-state index in [1.54, 1.807) is 24.1 Å². The number of Topliss-reactive ketones (excluding diaryl/α,β-unsaturated/α-hetero) is 1. The number of thiophene rings is 1. The Kier molecular flexibility index (Phi) is 8.73. The predicted octanol–water partition coefficient (Wildman–Crippen LogP) is 7.88. The molecule has 0 bridgehead atoms. The maximum absolute atomic E-state index is 14.7. The van der Waals surface area contributed by atoms with Gasteiger partial charge in [0.15, 0.2) is 5.78 Å². The minimum atomic E-state index is -0.659. The highest BCUT2D eigenvalue weighted by Gasteiger charge is 2.33. The Morgan fingerprint density at radius 1 is 1.00 bits per heavy atom. The highest BCUT2D eigenvalue weighted by atomic mass is 35.5. The van der Waals surface area contributed by atoms with E-state index in [4.69, 9.17) is 16.3 Å². The number of hydrogen-bond acceptors (Lipinski definition) is 5. The van der Waals surface area contributed by atoms with Crippen molar-refractivity contribution in [2.45, 2.75) is 51.2 Å². The molecule has 214 valence electrons. The zero-order chi connectivity index (χ0) is 29.3. The Morgan fingerprint density at radius 3 is 2.27 bits per heavy atom. The number of methoxy groups -OCH3 is 1. The Bertz CT molecular complexity index is 1600. The number of rotatable bonds is 8. The average molecular weight is 597 g/mol. The minimum Gasteiger partial charge on any atom is -0.496 e. The molecule has 0 saturated heterocycles. The van der Waals surface area contributed by atoms with Crippen molar-refractivity contribution in [3.63, 3.8) is 0 Å². The van der Waals surface area contributed by atoms with E-state index in [2.05, 4.69) is 5.32 Å². The molecule has 0 aliphatic heterocycles. The molecule has 4 aromatic rings. The number of carbonyl (C=O) groups excluding carboxylic acids is 2. The van der Waals surface area contributed by atoms with Crippen molar-refractivity contribution in [3.8, 4) is 16.9 Å². The van der Waals surface area contributed by atoms with Gasteiger partial charge in [0.2, 0.25) is 0 Å². The highest BCUT2D eigenvalue weighted by Crippen LogP contribution is 2.40. The van der Waals surface area contributed by atoms with Crippen molar-refractivity contribution >= 4 is 44.7 Å². The van der Waals surface area contributed by atoms with Crippen LogP contribution in [-0.4, -0.2) is 42.8 Å². The lowest BCUT2D eigenvalue weighted by Gasteiger charge is -2.37. The first-order chi connectivity index (χ1) is 19.7. The van der Waals surface area contributed by atoms with Crippen LogP contribution in [0.4, 0.5) is 8.78 Å². The smallest absolute Gasteiger partial charge is 0.266 e. The number of fused-ring (bicyclic) bond motifs is 1. The number of ether oxygens (including phenoxy) is 1. The number of nitrogens with one attached hydrogen (secondary N) is 1. The SMILES string of the molecule is CN[C@H]1CC[C@H](N(Cc2cc(-c3ccc(C(C)=O)cc3)ccc2OC)C(=O)c2sc3c(F)ccc(F)c3c2Cl)CC1. The lowest BCUT2D eigenvalue weighted by molar-refractivity contribution is 0.0604. The zero-order valence-electron chi connectivity index (χ0n) is 23.1. The number of benzene rings is 3. The van der Waals surface area contributed by atoms with Crippen LogP contribution < -0.4 is 10.1 Å². The topological polar surface area (TPSA) is 58.6 Å². The van der Waals surface area contributed by atoms with E-state index < -0.39 is 11.6 Å². The molecule has 41 heavy (non-hydrogen) atoms. The van der Waals surface area contributed by atoms with Gasteiger partial charge < -0.3 is 15.0 Å². The third kappa shape index (κ3) is 5.87. The van der Waals surface area contributed by atoms with Crippen LogP contribution >= 0.6 is 22.9 Å². The molecule has 0 spiro atoms. The van der Waals surface area contributed by atoms with E-state index in [0.717, 1.165) is 65.8 Å². The largest absolute Gasteiger partial charge is 0.496 e. The first-order valence-corrected chi connectivity index (χ1v) is 14.7. The standard InChI is InChI=1S/C32H31ClF2N2O3S/c1-18(38)19-4-6-20(7-5-19)21-8-15-27(40-3)22(16-21)17-37(24-11-9-23(36-2)10-12-24)32(39)31-29(33)28-25(34)13-14-26(35)30(28)41-31/h4-8,13-16,23-24,36H,9-12,17H2,1-3H3/t23-,24-. The number of amides is 1. The second-order valence-electron chi connectivity index (χ2n) is 10.4. The van der Waals surface area contributed by atoms with Crippen LogP contribution in [0.1, 0.15) is 58.2 Å². The molecule has 1 N–H and O–H groups in total. The molecule has 1 heterocycles. The van der Waals surface area contributed by atoms with Crippen molar-refractivity contribution < 1.29 is 23.1 Å². The molecule has 1 amide bonds. The second kappa shape index (κ2) is 12.3. The number of hydrogen-bond donors (Lipinski definition) is 1. The quantitative estimate of drug-likeness (QED) is 0.210. The lowest BCUT2D eigenvalue weighted by Crippen LogP contribution is -2.44. The van der Waals surface area contributed by atoms with E-state index >= 15 is 0 Å². The Morgan fingerprint density at radius 2 is 1.66 bits per heavy atom. The van der Waals surface area contributed by atoms with Crippen molar-refractivity contribution in [2.24, 2.45) is 0 Å². The molecular formula is C32H31ClF2N2O3S. The molecule has 1 aromatic heterocycles. The van der Waals surface area contributed by atoms with Crippen molar-refractivity contribution in [1.29, 1.82) is 0 Å². The molecule has 5 rings (SSSR count). The van der Waals surface area contributed by atoms with E-state index in [1.807, 2.05) is 37.4 Å². The fourth-order valence-electron chi connectivity index (χ4n) is 5.57. The summed E-state index contributed by atoms with van der Waals surface area (Å²) in [5, 5.41) is 3.20. The highest BCUT2D eigenvalue weighted by molar-refractivity contribution is 7.21. The van der Waals surface area contributed by atoms with Crippen molar-refractivity contribution in [2.75, 3.05) is 14.2 Å². The second-order valence-corrected chi connectivity index (χ2v) is 11.8. The van der Waals surface area contributed by atoms with Gasteiger partial charge in [-0.15, -0.1) is 11.3 Å². The van der Waals surface area contributed by atoms with Crippen LogP contribution in [0.5, 0.6) is 5.75 Å². The van der Waals surface area contributed by atoms with Crippen LogP contribution in [0.25, 0.3) is 21.2 Å². The van der Waals surface area contributed by atoms with Crippen LogP contribution in [-0.2, 0) is 6.54 Å². The van der Waals surface area contributed by atoms with Gasteiger partial charge in [-0.3, -0.25) is 9.59 Å². The zero-order valence-corrected chi connectivity index (χ0v) is 24.7. The van der Waals surface area contributed by atoms with Gasteiger partial charge in [-0.1, -0.05) is 41.9 Å². The van der Waals surface area contributed by atoms with Gasteiger partial charge >= 0.3 is 0 Å². The molecule has 5 nitrogen and oxygen atoms in total. The van der Waals surface area contributed by atoms with Gasteiger partial charge in [0, 0.05) is 29.8 Å². The van der Waals surface area contributed by atoms with E-state index in [0.29, 0.717) is 17.4 Å². The van der Waals surface area contributed by atoms with Crippen LogP contribution in [0.2, 0.25) is 5.02 Å².